The Labute approximate surface area is 249 Å². The molecular weight excluding hydrogens is 566 g/mol. The van der Waals surface area contributed by atoms with Gasteiger partial charge in [-0.05, 0) is 48.7 Å². The number of aliphatic hydroxyl groups is 1. The van der Waals surface area contributed by atoms with E-state index in [0.717, 1.165) is 25.3 Å². The average Bonchev–Trinajstić information content (AvgIpc) is 3.58. The van der Waals surface area contributed by atoms with Crippen LogP contribution in [0.15, 0.2) is 63.1 Å². The maximum Gasteiger partial charge on any atom is 1.00 e. The molecule has 0 radical (unpaired) electrons. The smallest absolute Gasteiger partial charge is 0.514 e. The number of amidine groups is 1. The number of carbonyl (C=O) groups excluding carboxylic acids is 1. The van der Waals surface area contributed by atoms with Gasteiger partial charge in [-0.25, -0.2) is 18.9 Å². The summed E-state index contributed by atoms with van der Waals surface area (Å²) >= 11 is 0. The molecule has 3 aliphatic carbocycles. The van der Waals surface area contributed by atoms with Crippen molar-refractivity contribution in [2.24, 2.45) is 22.2 Å². The summed E-state index contributed by atoms with van der Waals surface area (Å²) in [6.45, 7) is 0.145. The zero-order valence-corrected chi connectivity index (χ0v) is 23.8. The van der Waals surface area contributed by atoms with E-state index < -0.39 is 42.9 Å². The topological polar surface area (TPSA) is 145 Å². The number of sulfonamides is 2. The number of fused-ring (bicyclic) bond motifs is 6. The Morgan fingerprint density at radius 3 is 2.56 bits per heavy atom. The summed E-state index contributed by atoms with van der Waals surface area (Å²) in [6.07, 6.45) is 3.72. The summed E-state index contributed by atoms with van der Waals surface area (Å²) in [5, 5.41) is 13.8. The predicted molar refractivity (Wildman–Crippen MR) is 144 cm³/mol. The van der Waals surface area contributed by atoms with E-state index in [9.17, 15) is 31.1 Å². The third kappa shape index (κ3) is 4.76. The minimum atomic E-state index is -4.36. The van der Waals surface area contributed by atoms with Crippen molar-refractivity contribution >= 4 is 43.2 Å². The fourth-order valence-electron chi connectivity index (χ4n) is 6.47. The van der Waals surface area contributed by atoms with Crippen LogP contribution < -0.4 is 28.9 Å². The van der Waals surface area contributed by atoms with E-state index in [1.54, 1.807) is 17.0 Å². The minimum absolute atomic E-state index is 0. The Bertz CT molecular complexity index is 1720. The van der Waals surface area contributed by atoms with Crippen molar-refractivity contribution in [1.29, 1.82) is 0 Å². The second kappa shape index (κ2) is 9.86. The van der Waals surface area contributed by atoms with Gasteiger partial charge in [0, 0.05) is 12.2 Å². The maximum absolute atomic E-state index is 13.9. The third-order valence-electron chi connectivity index (χ3n) is 8.44. The number of benzene rings is 2. The van der Waals surface area contributed by atoms with Crippen LogP contribution in [-0.4, -0.2) is 43.8 Å². The summed E-state index contributed by atoms with van der Waals surface area (Å²) in [7, 11) is -7.97. The van der Waals surface area contributed by atoms with Gasteiger partial charge in [-0.3, -0.25) is 9.52 Å². The number of hydrogen-bond donors (Lipinski definition) is 3. The molecular formula is C27H26FLiN4O6S2. The number of nitrogens with zero attached hydrogens (tertiary/aromatic N) is 2. The van der Waals surface area contributed by atoms with E-state index in [-0.39, 0.29) is 70.7 Å². The van der Waals surface area contributed by atoms with Crippen molar-refractivity contribution in [1.82, 2.24) is 4.90 Å². The number of aliphatic hydroxyl groups excluding tert-OH is 1. The Balaban J connectivity index is 0.00000302. The van der Waals surface area contributed by atoms with Gasteiger partial charge >= 0.3 is 18.9 Å². The van der Waals surface area contributed by atoms with E-state index >= 15 is 0 Å². The molecule has 41 heavy (non-hydrogen) atoms. The molecule has 2 aliphatic heterocycles. The molecule has 7 rings (SSSR count). The van der Waals surface area contributed by atoms with Crippen molar-refractivity contribution < 1.29 is 50.0 Å². The first-order valence-corrected chi connectivity index (χ1v) is 16.1. The summed E-state index contributed by atoms with van der Waals surface area (Å²) in [5.41, 5.74) is 0.691. The molecule has 2 aromatic rings. The van der Waals surface area contributed by atoms with Crippen LogP contribution in [-0.2, 0) is 31.4 Å². The van der Waals surface area contributed by atoms with Gasteiger partial charge in [-0.15, -0.1) is 10.3 Å². The van der Waals surface area contributed by atoms with Crippen LogP contribution in [0.5, 0.6) is 0 Å². The van der Waals surface area contributed by atoms with Crippen LogP contribution in [0.1, 0.15) is 37.7 Å². The van der Waals surface area contributed by atoms with Gasteiger partial charge in [-0.2, -0.15) is 8.42 Å². The first kappa shape index (κ1) is 28.3. The molecule has 3 N–H and O–H groups in total. The number of nitrogens with one attached hydrogen (secondary N) is 2. The van der Waals surface area contributed by atoms with Crippen molar-refractivity contribution in [3.63, 3.8) is 0 Å². The molecule has 10 nitrogen and oxygen atoms in total. The first-order chi connectivity index (χ1) is 19.0. The number of anilines is 2. The molecule has 3 fully saturated rings. The normalized spacial score (nSPS) is 26.6. The van der Waals surface area contributed by atoms with E-state index in [0.29, 0.717) is 18.4 Å². The van der Waals surface area contributed by atoms with Crippen molar-refractivity contribution in [3.8, 4) is 0 Å². The molecule has 0 aromatic heterocycles. The summed E-state index contributed by atoms with van der Waals surface area (Å²) < 4.78 is 71.1. The number of amides is 1. The second-order valence-electron chi connectivity index (χ2n) is 11.0. The number of carbonyl (C=O) groups is 1. The van der Waals surface area contributed by atoms with Crippen molar-refractivity contribution in [2.45, 2.75) is 48.8 Å². The van der Waals surface area contributed by atoms with Gasteiger partial charge in [0.2, 0.25) is 15.9 Å². The van der Waals surface area contributed by atoms with Gasteiger partial charge in [0.05, 0.1) is 16.7 Å². The second-order valence-corrected chi connectivity index (χ2v) is 14.6. The van der Waals surface area contributed by atoms with E-state index in [2.05, 4.69) is 14.4 Å². The number of rotatable bonds is 6. The molecule has 3 atom stereocenters. The van der Waals surface area contributed by atoms with Gasteiger partial charge in [-0.1, -0.05) is 43.2 Å². The molecule has 3 saturated carbocycles. The van der Waals surface area contributed by atoms with E-state index in [1.807, 2.05) is 0 Å². The number of hydrogen-bond acceptors (Lipinski definition) is 7. The first-order valence-electron chi connectivity index (χ1n) is 13.2. The monoisotopic (exact) mass is 592 g/mol. The molecule has 14 heteroatoms. The average molecular weight is 593 g/mol. The SMILES string of the molecule is O=C1C(C2=NS(=O)(=O)c3cc(NS(=O)(=O)C4CC4)ccc3N2)=C(O)[C@H]2[C-]([C@@H]3CC[C@H]2C3)N1Cc1ccc(F)cc1.[Li+]. The van der Waals surface area contributed by atoms with Gasteiger partial charge in [0.1, 0.15) is 16.3 Å². The fourth-order valence-corrected chi connectivity index (χ4v) is 8.99. The van der Waals surface area contributed by atoms with Crippen LogP contribution in [0.2, 0.25) is 0 Å². The van der Waals surface area contributed by atoms with Gasteiger partial charge < -0.3 is 15.3 Å². The summed E-state index contributed by atoms with van der Waals surface area (Å²) in [6, 6.07) is 10.7. The maximum atomic E-state index is 13.9. The molecule has 2 aromatic carbocycles. The van der Waals surface area contributed by atoms with Crippen LogP contribution in [0.4, 0.5) is 15.8 Å². The standard InChI is InChI=1S/C27H26FN4O6S2.Li/c28-17-5-1-14(2-6-17)13-32-24-16-4-3-15(11-16)22(24)25(33)23(27(32)34)26-29-20-10-7-18(12-21(20)40(37,38)31-26)30-39(35,36)19-8-9-19;/h1-2,5-7,10,12,15-16,19,22,30,33H,3-4,8-9,11,13H2,(H,29,31);/q-1;+1/t15-,16+,22+;/m0./s1. The van der Waals surface area contributed by atoms with Gasteiger partial charge in [0.15, 0.2) is 5.84 Å². The number of halogens is 1. The van der Waals surface area contributed by atoms with E-state index in [1.165, 1.54) is 30.3 Å². The largest absolute Gasteiger partial charge is 1.00 e. The Morgan fingerprint density at radius 2 is 1.85 bits per heavy atom. The zero-order valence-electron chi connectivity index (χ0n) is 22.2. The zero-order chi connectivity index (χ0) is 28.0. The van der Waals surface area contributed by atoms with Crippen LogP contribution >= 0.6 is 0 Å². The Morgan fingerprint density at radius 1 is 1.12 bits per heavy atom. The molecule has 2 heterocycles. The van der Waals surface area contributed by atoms with Crippen LogP contribution in [0.25, 0.3) is 0 Å². The molecule has 5 aliphatic rings. The molecule has 210 valence electrons. The molecule has 0 saturated heterocycles. The molecule has 1 amide bonds. The summed E-state index contributed by atoms with van der Waals surface area (Å²) in [4.78, 5) is 15.3. The quantitative estimate of drug-likeness (QED) is 0.331. The van der Waals surface area contributed by atoms with Crippen molar-refractivity contribution in [2.75, 3.05) is 10.0 Å². The van der Waals surface area contributed by atoms with Crippen LogP contribution in [0.3, 0.4) is 0 Å². The predicted octanol–water partition coefficient (Wildman–Crippen LogP) is 0.679. The van der Waals surface area contributed by atoms with Crippen LogP contribution in [0, 0.1) is 29.6 Å². The fraction of sp³-hybridized carbons (Fsp3) is 0.370. The molecule has 2 bridgehead atoms. The molecule has 0 unspecified atom stereocenters. The van der Waals surface area contributed by atoms with E-state index in [4.69, 9.17) is 0 Å². The van der Waals surface area contributed by atoms with Gasteiger partial charge in [0.25, 0.3) is 10.0 Å². The Hall–Kier alpha value is -2.85. The minimum Gasteiger partial charge on any atom is -0.514 e. The van der Waals surface area contributed by atoms with Crippen molar-refractivity contribution in [3.05, 3.63) is 71.2 Å². The third-order valence-corrected chi connectivity index (χ3v) is 11.6. The molecule has 0 spiro atoms. The summed E-state index contributed by atoms with van der Waals surface area (Å²) in [5.74, 6) is -1.64. The Kier molecular flexibility index (Phi) is 6.80.